The van der Waals surface area contributed by atoms with Gasteiger partial charge >= 0.3 is 0 Å². The van der Waals surface area contributed by atoms with Gasteiger partial charge in [-0.15, -0.1) is 21.5 Å². The summed E-state index contributed by atoms with van der Waals surface area (Å²) in [7, 11) is 1.86. The van der Waals surface area contributed by atoms with Crippen LogP contribution < -0.4 is 5.32 Å². The van der Waals surface area contributed by atoms with Gasteiger partial charge in [-0.25, -0.2) is 0 Å². The molecule has 3 aromatic rings. The van der Waals surface area contributed by atoms with E-state index in [0.717, 1.165) is 40.7 Å². The Morgan fingerprint density at radius 2 is 2.25 bits per heavy atom. The minimum atomic E-state index is -0.121. The molecular weight excluding hydrogens is 394 g/mol. The fraction of sp³-hybridized carbons (Fsp3) is 0.474. The van der Waals surface area contributed by atoms with Crippen molar-refractivity contribution >= 4 is 34.7 Å². The van der Waals surface area contributed by atoms with Crippen molar-refractivity contribution < 1.29 is 9.21 Å². The maximum absolute atomic E-state index is 12.3. The molecule has 0 unspecified atom stereocenters. The average molecular weight is 418 g/mol. The Labute approximate surface area is 171 Å². The van der Waals surface area contributed by atoms with Gasteiger partial charge < -0.3 is 9.73 Å². The van der Waals surface area contributed by atoms with E-state index >= 15 is 0 Å². The number of rotatable bonds is 5. The van der Waals surface area contributed by atoms with Crippen LogP contribution in [-0.4, -0.2) is 31.6 Å². The fourth-order valence-electron chi connectivity index (χ4n) is 3.44. The number of aromatic nitrogens is 4. The molecule has 1 N–H and O–H groups in total. The molecular formula is C19H23N5O2S2. The first-order valence-corrected chi connectivity index (χ1v) is 11.1. The third-order valence-corrected chi connectivity index (χ3v) is 7.09. The predicted molar refractivity (Wildman–Crippen MR) is 111 cm³/mol. The van der Waals surface area contributed by atoms with E-state index in [-0.39, 0.29) is 11.7 Å². The van der Waals surface area contributed by atoms with Crippen LogP contribution in [0.25, 0.3) is 10.8 Å². The van der Waals surface area contributed by atoms with Gasteiger partial charge in [-0.2, -0.15) is 5.10 Å². The van der Waals surface area contributed by atoms with Crippen LogP contribution in [0.2, 0.25) is 0 Å². The smallest absolute Gasteiger partial charge is 0.277 e. The van der Waals surface area contributed by atoms with Crippen molar-refractivity contribution in [1.82, 2.24) is 20.0 Å². The van der Waals surface area contributed by atoms with Crippen molar-refractivity contribution in [3.05, 3.63) is 27.9 Å². The number of nitrogens with one attached hydrogen (secondary N) is 1. The number of hydrogen-bond acceptors (Lipinski definition) is 7. The van der Waals surface area contributed by atoms with Crippen molar-refractivity contribution in [2.75, 3.05) is 11.1 Å². The van der Waals surface area contributed by atoms with Gasteiger partial charge in [0, 0.05) is 11.9 Å². The maximum Gasteiger partial charge on any atom is 0.277 e. The lowest BCUT2D eigenvalue weighted by Gasteiger charge is -2.16. The lowest BCUT2D eigenvalue weighted by molar-refractivity contribution is -0.113. The summed E-state index contributed by atoms with van der Waals surface area (Å²) in [5.41, 5.74) is 3.90. The van der Waals surface area contributed by atoms with E-state index in [9.17, 15) is 4.79 Å². The molecule has 1 atom stereocenters. The van der Waals surface area contributed by atoms with Crippen molar-refractivity contribution in [3.8, 4) is 10.8 Å². The predicted octanol–water partition coefficient (Wildman–Crippen LogP) is 4.00. The monoisotopic (exact) mass is 417 g/mol. The van der Waals surface area contributed by atoms with E-state index in [1.54, 1.807) is 16.0 Å². The molecule has 9 heteroatoms. The molecule has 0 fully saturated rings. The number of hydrogen-bond donors (Lipinski definition) is 1. The lowest BCUT2D eigenvalue weighted by Crippen LogP contribution is -2.15. The van der Waals surface area contributed by atoms with Crippen LogP contribution in [0, 0.1) is 19.8 Å². The van der Waals surface area contributed by atoms with E-state index in [4.69, 9.17) is 4.42 Å². The minimum absolute atomic E-state index is 0.121. The van der Waals surface area contributed by atoms with Crippen LogP contribution in [0.4, 0.5) is 5.69 Å². The van der Waals surface area contributed by atoms with Crippen molar-refractivity contribution in [1.29, 1.82) is 0 Å². The largest absolute Gasteiger partial charge is 0.410 e. The summed E-state index contributed by atoms with van der Waals surface area (Å²) in [6.45, 7) is 6.09. The number of fused-ring (bicyclic) bond motifs is 1. The molecule has 0 saturated heterocycles. The van der Waals surface area contributed by atoms with Gasteiger partial charge in [0.05, 0.1) is 27.7 Å². The zero-order valence-electron chi connectivity index (χ0n) is 16.4. The number of aryl methyl sites for hydroxylation is 3. The molecule has 0 saturated carbocycles. The number of anilines is 1. The summed E-state index contributed by atoms with van der Waals surface area (Å²) < 4.78 is 7.53. The maximum atomic E-state index is 12.3. The van der Waals surface area contributed by atoms with Gasteiger partial charge in [-0.05, 0) is 50.7 Å². The van der Waals surface area contributed by atoms with Crippen molar-refractivity contribution in [3.63, 3.8) is 0 Å². The fourth-order valence-corrected chi connectivity index (χ4v) is 5.13. The van der Waals surface area contributed by atoms with Gasteiger partial charge in [-0.1, -0.05) is 18.7 Å². The lowest BCUT2D eigenvalue weighted by atomic mass is 9.90. The number of carbonyl (C=O) groups excluding carboxylic acids is 1. The number of nitrogens with zero attached hydrogens (tertiary/aromatic N) is 4. The van der Waals surface area contributed by atoms with E-state index in [1.165, 1.54) is 28.6 Å². The molecule has 1 amide bonds. The van der Waals surface area contributed by atoms with Gasteiger partial charge in [0.25, 0.3) is 11.1 Å². The van der Waals surface area contributed by atoms with E-state index in [2.05, 4.69) is 33.6 Å². The number of amides is 1. The molecule has 4 rings (SSSR count). The number of carbonyl (C=O) groups is 1. The Bertz CT molecular complexity index is 1020. The van der Waals surface area contributed by atoms with Gasteiger partial charge in [0.15, 0.2) is 0 Å². The first-order chi connectivity index (χ1) is 13.4. The molecule has 0 spiro atoms. The van der Waals surface area contributed by atoms with Crippen molar-refractivity contribution in [2.45, 2.75) is 45.3 Å². The summed E-state index contributed by atoms with van der Waals surface area (Å²) in [6.07, 6.45) is 3.49. The Morgan fingerprint density at radius 1 is 1.43 bits per heavy atom. The summed E-state index contributed by atoms with van der Waals surface area (Å²) in [5.74, 6) is 1.35. The molecule has 3 heterocycles. The van der Waals surface area contributed by atoms with Crippen molar-refractivity contribution in [2.24, 2.45) is 13.0 Å². The summed E-state index contributed by atoms with van der Waals surface area (Å²) in [5, 5.41) is 15.9. The number of thioether (sulfide) groups is 1. The third kappa shape index (κ3) is 3.86. The molecule has 3 aromatic heterocycles. The van der Waals surface area contributed by atoms with Crippen LogP contribution in [0.1, 0.15) is 35.2 Å². The Kier molecular flexibility index (Phi) is 5.29. The summed E-state index contributed by atoms with van der Waals surface area (Å²) in [4.78, 5) is 14.7. The topological polar surface area (TPSA) is 85.8 Å². The highest BCUT2D eigenvalue weighted by Crippen LogP contribution is 2.37. The van der Waals surface area contributed by atoms with Crippen LogP contribution in [0.15, 0.2) is 15.7 Å². The second-order valence-corrected chi connectivity index (χ2v) is 9.35. The van der Waals surface area contributed by atoms with E-state index in [0.29, 0.717) is 11.1 Å². The highest BCUT2D eigenvalue weighted by molar-refractivity contribution is 7.99. The zero-order valence-corrected chi connectivity index (χ0v) is 18.0. The highest BCUT2D eigenvalue weighted by atomic mass is 32.2. The SMILES string of the molecule is Cc1nn(C)c(C)c1NC(=O)CSc1nnc(-c2cc3c(s2)CC[C@H](C)C3)o1. The Hall–Kier alpha value is -2.13. The van der Waals surface area contributed by atoms with Crippen LogP contribution in [0.3, 0.4) is 0 Å². The second kappa shape index (κ2) is 7.71. The highest BCUT2D eigenvalue weighted by Gasteiger charge is 2.21. The molecule has 0 radical (unpaired) electrons. The molecule has 0 aliphatic heterocycles. The Balaban J connectivity index is 1.38. The number of thiophene rings is 1. The standard InChI is InChI=1S/C19H23N5O2S2/c1-10-5-6-14-13(7-10)8-15(28-14)18-21-22-19(26-18)27-9-16(25)20-17-11(2)23-24(4)12(17)3/h8,10H,5-7,9H2,1-4H3,(H,20,25)/t10-/m0/s1. The molecule has 1 aliphatic rings. The minimum Gasteiger partial charge on any atom is -0.410 e. The van der Waals surface area contributed by atoms with Gasteiger partial charge in [0.1, 0.15) is 0 Å². The molecule has 0 aromatic carbocycles. The summed E-state index contributed by atoms with van der Waals surface area (Å²) in [6, 6.07) is 2.18. The molecule has 7 nitrogen and oxygen atoms in total. The van der Waals surface area contributed by atoms with E-state index < -0.39 is 0 Å². The molecule has 148 valence electrons. The molecule has 28 heavy (non-hydrogen) atoms. The second-order valence-electron chi connectivity index (χ2n) is 7.29. The van der Waals surface area contributed by atoms with Crippen LogP contribution in [-0.2, 0) is 24.7 Å². The quantitative estimate of drug-likeness (QED) is 0.632. The average Bonchev–Trinajstić information content (AvgIpc) is 3.34. The first kappa shape index (κ1) is 19.2. The van der Waals surface area contributed by atoms with E-state index in [1.807, 2.05) is 20.9 Å². The van der Waals surface area contributed by atoms with Gasteiger partial charge in [-0.3, -0.25) is 9.48 Å². The molecule has 0 bridgehead atoms. The normalized spacial score (nSPS) is 16.2. The zero-order chi connectivity index (χ0) is 19.8. The van der Waals surface area contributed by atoms with Crippen LogP contribution >= 0.6 is 23.1 Å². The first-order valence-electron chi connectivity index (χ1n) is 9.29. The third-order valence-electron chi connectivity index (χ3n) is 5.05. The molecule has 1 aliphatic carbocycles. The summed E-state index contributed by atoms with van der Waals surface area (Å²) >= 11 is 2.98. The van der Waals surface area contributed by atoms with Gasteiger partial charge in [0.2, 0.25) is 5.91 Å². The Morgan fingerprint density at radius 3 is 3.00 bits per heavy atom. The van der Waals surface area contributed by atoms with Crippen LogP contribution in [0.5, 0.6) is 0 Å².